The maximum absolute atomic E-state index is 13.3. The summed E-state index contributed by atoms with van der Waals surface area (Å²) in [5, 5.41) is 9.13. The Kier molecular flexibility index (Phi) is 4.56. The smallest absolute Gasteiger partial charge is 0.327 e. The molecular formula is C15H18FNO3S. The molecule has 2 unspecified atom stereocenters. The van der Waals surface area contributed by atoms with Gasteiger partial charge in [0.25, 0.3) is 5.91 Å². The monoisotopic (exact) mass is 311 g/mol. The molecule has 1 saturated heterocycles. The molecule has 1 aliphatic rings. The van der Waals surface area contributed by atoms with Gasteiger partial charge in [0.1, 0.15) is 11.9 Å². The molecule has 1 fully saturated rings. The average Bonchev–Trinajstić information content (AvgIpc) is 2.86. The van der Waals surface area contributed by atoms with E-state index in [0.717, 1.165) is 0 Å². The van der Waals surface area contributed by atoms with Gasteiger partial charge in [-0.3, -0.25) is 4.79 Å². The fourth-order valence-electron chi connectivity index (χ4n) is 2.42. The van der Waals surface area contributed by atoms with Crippen LogP contribution in [0.3, 0.4) is 0 Å². The van der Waals surface area contributed by atoms with Crippen LogP contribution >= 0.6 is 11.8 Å². The van der Waals surface area contributed by atoms with Crippen LogP contribution < -0.4 is 0 Å². The van der Waals surface area contributed by atoms with Crippen molar-refractivity contribution in [3.05, 3.63) is 35.1 Å². The number of carboxylic acid groups (broad SMARTS) is 1. The number of hydrogen-bond acceptors (Lipinski definition) is 3. The molecule has 0 saturated carbocycles. The van der Waals surface area contributed by atoms with Gasteiger partial charge in [0.15, 0.2) is 0 Å². The Balaban J connectivity index is 2.36. The molecule has 1 heterocycles. The van der Waals surface area contributed by atoms with Crippen molar-refractivity contribution in [1.82, 2.24) is 4.90 Å². The van der Waals surface area contributed by atoms with Crippen molar-refractivity contribution in [2.24, 2.45) is 5.92 Å². The van der Waals surface area contributed by atoms with Crippen molar-refractivity contribution < 1.29 is 19.1 Å². The molecule has 0 aromatic heterocycles. The van der Waals surface area contributed by atoms with Crippen LogP contribution in [0.15, 0.2) is 18.2 Å². The number of thioether (sulfide) groups is 1. The Morgan fingerprint density at radius 3 is 2.62 bits per heavy atom. The van der Waals surface area contributed by atoms with E-state index < -0.39 is 12.0 Å². The summed E-state index contributed by atoms with van der Waals surface area (Å²) in [6.45, 7) is 5.50. The number of amides is 1. The minimum Gasteiger partial charge on any atom is -0.480 e. The summed E-state index contributed by atoms with van der Waals surface area (Å²) in [6, 6.07) is 3.28. The van der Waals surface area contributed by atoms with Crippen LogP contribution in [0.25, 0.3) is 0 Å². The molecule has 1 N–H and O–H groups in total. The second-order valence-corrected chi connectivity index (χ2v) is 6.65. The first-order chi connectivity index (χ1) is 9.82. The van der Waals surface area contributed by atoms with Crippen molar-refractivity contribution in [2.45, 2.75) is 32.2 Å². The normalized spacial score (nSPS) is 21.9. The number of carbonyl (C=O) groups excluding carboxylic acids is 1. The Hall–Kier alpha value is -1.56. The number of carbonyl (C=O) groups is 2. The summed E-state index contributed by atoms with van der Waals surface area (Å²) in [5.74, 6) is -1.21. The lowest BCUT2D eigenvalue weighted by molar-refractivity contribution is -0.141. The third-order valence-corrected chi connectivity index (χ3v) is 5.15. The summed E-state index contributed by atoms with van der Waals surface area (Å²) in [7, 11) is 0. The van der Waals surface area contributed by atoms with Crippen LogP contribution in [0.2, 0.25) is 0 Å². The van der Waals surface area contributed by atoms with Crippen molar-refractivity contribution in [2.75, 3.05) is 5.75 Å². The molecule has 0 bridgehead atoms. The molecule has 0 spiro atoms. The van der Waals surface area contributed by atoms with Gasteiger partial charge in [-0.2, -0.15) is 0 Å². The van der Waals surface area contributed by atoms with Crippen molar-refractivity contribution in [3.63, 3.8) is 0 Å². The number of rotatable bonds is 3. The summed E-state index contributed by atoms with van der Waals surface area (Å²) >= 11 is 1.48. The van der Waals surface area contributed by atoms with E-state index in [2.05, 4.69) is 0 Å². The lowest BCUT2D eigenvalue weighted by atomic mass is 10.1. The fraction of sp³-hybridized carbons (Fsp3) is 0.467. The van der Waals surface area contributed by atoms with Crippen LogP contribution in [0.5, 0.6) is 0 Å². The quantitative estimate of drug-likeness (QED) is 0.932. The molecule has 0 radical (unpaired) electrons. The zero-order valence-corrected chi connectivity index (χ0v) is 13.0. The molecule has 0 aliphatic carbocycles. The maximum atomic E-state index is 13.3. The van der Waals surface area contributed by atoms with Crippen molar-refractivity contribution >= 4 is 23.6 Å². The predicted octanol–water partition coefficient (Wildman–Crippen LogP) is 2.76. The summed E-state index contributed by atoms with van der Waals surface area (Å²) in [4.78, 5) is 25.5. The number of aliphatic carboxylic acids is 1. The number of aryl methyl sites for hydroxylation is 1. The Labute approximate surface area is 127 Å². The van der Waals surface area contributed by atoms with Crippen LogP contribution in [0.1, 0.15) is 29.8 Å². The van der Waals surface area contributed by atoms with Crippen LogP contribution in [-0.2, 0) is 4.79 Å². The molecule has 2 rings (SSSR count). The molecule has 1 aromatic carbocycles. The fourth-order valence-corrected chi connectivity index (χ4v) is 3.89. The molecule has 1 aliphatic heterocycles. The molecule has 6 heteroatoms. The molecule has 1 aromatic rings. The van der Waals surface area contributed by atoms with E-state index in [4.69, 9.17) is 0 Å². The van der Waals surface area contributed by atoms with E-state index in [-0.39, 0.29) is 23.0 Å². The standard InChI is InChI=1S/C15H18FNO3S/c1-8(2)14-17(12(7-21-14)15(19)20)13(18)10-4-5-11(16)9(3)6-10/h4-6,8,12,14H,7H2,1-3H3,(H,19,20). The average molecular weight is 311 g/mol. The van der Waals surface area contributed by atoms with Gasteiger partial charge in [-0.15, -0.1) is 11.8 Å². The van der Waals surface area contributed by atoms with Crippen LogP contribution in [-0.4, -0.2) is 39.1 Å². The first kappa shape index (κ1) is 15.8. The summed E-state index contributed by atoms with van der Waals surface area (Å²) in [6.07, 6.45) is 0. The summed E-state index contributed by atoms with van der Waals surface area (Å²) in [5.41, 5.74) is 0.703. The van der Waals surface area contributed by atoms with Crippen molar-refractivity contribution in [3.8, 4) is 0 Å². The molecule has 21 heavy (non-hydrogen) atoms. The highest BCUT2D eigenvalue weighted by Gasteiger charge is 2.43. The second-order valence-electron chi connectivity index (χ2n) is 5.50. The third-order valence-electron chi connectivity index (χ3n) is 3.53. The van der Waals surface area contributed by atoms with E-state index in [0.29, 0.717) is 16.9 Å². The SMILES string of the molecule is Cc1cc(C(=O)N2C(C(=O)O)CSC2C(C)C)ccc1F. The summed E-state index contributed by atoms with van der Waals surface area (Å²) < 4.78 is 13.3. The Bertz CT molecular complexity index is 576. The zero-order valence-electron chi connectivity index (χ0n) is 12.2. The minimum absolute atomic E-state index is 0.143. The lowest BCUT2D eigenvalue weighted by Crippen LogP contribution is -2.47. The van der Waals surface area contributed by atoms with E-state index in [1.54, 1.807) is 6.92 Å². The minimum atomic E-state index is -1.00. The molecule has 2 atom stereocenters. The molecule has 1 amide bonds. The third kappa shape index (κ3) is 3.05. The van der Waals surface area contributed by atoms with E-state index >= 15 is 0 Å². The molecule has 114 valence electrons. The lowest BCUT2D eigenvalue weighted by Gasteiger charge is -2.29. The van der Waals surface area contributed by atoms with Gasteiger partial charge in [0, 0.05) is 11.3 Å². The topological polar surface area (TPSA) is 57.6 Å². The van der Waals surface area contributed by atoms with Gasteiger partial charge in [0.05, 0.1) is 5.37 Å². The highest BCUT2D eigenvalue weighted by Crippen LogP contribution is 2.35. The van der Waals surface area contributed by atoms with E-state index in [1.165, 1.54) is 34.9 Å². The van der Waals surface area contributed by atoms with Gasteiger partial charge >= 0.3 is 5.97 Å². The van der Waals surface area contributed by atoms with Gasteiger partial charge in [-0.05, 0) is 36.6 Å². The van der Waals surface area contributed by atoms with Crippen molar-refractivity contribution in [1.29, 1.82) is 0 Å². The van der Waals surface area contributed by atoms with Gasteiger partial charge in [-0.1, -0.05) is 13.8 Å². The van der Waals surface area contributed by atoms with Crippen LogP contribution in [0.4, 0.5) is 4.39 Å². The van der Waals surface area contributed by atoms with E-state index in [9.17, 15) is 19.1 Å². The number of nitrogens with zero attached hydrogens (tertiary/aromatic N) is 1. The Morgan fingerprint density at radius 1 is 1.43 bits per heavy atom. The maximum Gasteiger partial charge on any atom is 0.327 e. The molecular weight excluding hydrogens is 293 g/mol. The largest absolute Gasteiger partial charge is 0.480 e. The predicted molar refractivity (Wildman–Crippen MR) is 79.8 cm³/mol. The van der Waals surface area contributed by atoms with E-state index in [1.807, 2.05) is 13.8 Å². The highest BCUT2D eigenvalue weighted by atomic mass is 32.2. The number of hydrogen-bond donors (Lipinski definition) is 1. The first-order valence-electron chi connectivity index (χ1n) is 6.76. The molecule has 4 nitrogen and oxygen atoms in total. The van der Waals surface area contributed by atoms with Gasteiger partial charge in [-0.25, -0.2) is 9.18 Å². The highest BCUT2D eigenvalue weighted by molar-refractivity contribution is 8.00. The zero-order chi connectivity index (χ0) is 15.7. The second kappa shape index (κ2) is 6.05. The number of benzene rings is 1. The van der Waals surface area contributed by atoms with Gasteiger partial charge < -0.3 is 10.0 Å². The number of halogens is 1. The Morgan fingerprint density at radius 2 is 2.10 bits per heavy atom. The van der Waals surface area contributed by atoms with Crippen LogP contribution in [0, 0.1) is 18.7 Å². The van der Waals surface area contributed by atoms with Gasteiger partial charge in [0.2, 0.25) is 0 Å². The first-order valence-corrected chi connectivity index (χ1v) is 7.81. The number of carboxylic acids is 1.